The zero-order valence-electron chi connectivity index (χ0n) is 19.0. The van der Waals surface area contributed by atoms with Gasteiger partial charge in [0.1, 0.15) is 35.4 Å². The third-order valence-electron chi connectivity index (χ3n) is 5.34. The first-order chi connectivity index (χ1) is 15.7. The van der Waals surface area contributed by atoms with E-state index in [1.165, 1.54) is 33.7 Å². The normalized spacial score (nSPS) is 13.5. The van der Waals surface area contributed by atoms with Gasteiger partial charge < -0.3 is 14.2 Å². The van der Waals surface area contributed by atoms with Gasteiger partial charge in [0.15, 0.2) is 21.5 Å². The van der Waals surface area contributed by atoms with Gasteiger partial charge in [0, 0.05) is 25.4 Å². The van der Waals surface area contributed by atoms with E-state index in [4.69, 9.17) is 25.8 Å². The third-order valence-corrected chi connectivity index (χ3v) is 7.74. The van der Waals surface area contributed by atoms with Crippen LogP contribution in [0.1, 0.15) is 37.2 Å². The SMILES string of the molecule is COCc1nnc(CS(=O)(=O)[C@@H](C)[C@H](C)c2ncc(Cl)cn2)n1-c1c(OC)cccc1OC. The maximum atomic E-state index is 13.4. The Bertz CT molecular complexity index is 1180. The van der Waals surface area contributed by atoms with Crippen molar-refractivity contribution in [1.29, 1.82) is 0 Å². The molecule has 2 heterocycles. The summed E-state index contributed by atoms with van der Waals surface area (Å²) in [5.41, 5.74) is 0.492. The predicted octanol–water partition coefficient (Wildman–Crippen LogP) is 2.98. The van der Waals surface area contributed by atoms with Crippen LogP contribution in [0.3, 0.4) is 0 Å². The number of para-hydroxylation sites is 1. The predicted molar refractivity (Wildman–Crippen MR) is 123 cm³/mol. The number of halogens is 1. The Morgan fingerprint density at radius 3 is 2.12 bits per heavy atom. The number of hydrogen-bond acceptors (Lipinski definition) is 9. The monoisotopic (exact) mass is 495 g/mol. The van der Waals surface area contributed by atoms with E-state index in [2.05, 4.69) is 20.2 Å². The maximum Gasteiger partial charge on any atom is 0.163 e. The van der Waals surface area contributed by atoms with Crippen molar-refractivity contribution in [2.75, 3.05) is 21.3 Å². The van der Waals surface area contributed by atoms with Crippen molar-refractivity contribution >= 4 is 21.4 Å². The summed E-state index contributed by atoms with van der Waals surface area (Å²) in [6.07, 6.45) is 2.89. The summed E-state index contributed by atoms with van der Waals surface area (Å²) in [6.45, 7) is 3.49. The summed E-state index contributed by atoms with van der Waals surface area (Å²) in [6, 6.07) is 5.26. The average molecular weight is 496 g/mol. The lowest BCUT2D eigenvalue weighted by Crippen LogP contribution is -2.27. The second-order valence-electron chi connectivity index (χ2n) is 7.37. The van der Waals surface area contributed by atoms with Gasteiger partial charge in [-0.2, -0.15) is 0 Å². The van der Waals surface area contributed by atoms with Crippen LogP contribution in [0.15, 0.2) is 30.6 Å². The maximum absolute atomic E-state index is 13.4. The van der Waals surface area contributed by atoms with Crippen LogP contribution in [0.25, 0.3) is 5.69 Å². The molecule has 3 rings (SSSR count). The van der Waals surface area contributed by atoms with Crippen molar-refractivity contribution in [3.8, 4) is 17.2 Å². The molecule has 0 aliphatic rings. The Hall–Kier alpha value is -2.76. The summed E-state index contributed by atoms with van der Waals surface area (Å²) in [5.74, 6) is 1.12. The molecule has 178 valence electrons. The van der Waals surface area contributed by atoms with Crippen LogP contribution in [-0.4, -0.2) is 59.7 Å². The van der Waals surface area contributed by atoms with E-state index in [-0.39, 0.29) is 18.2 Å². The van der Waals surface area contributed by atoms with E-state index in [1.54, 1.807) is 36.6 Å². The molecule has 2 atom stereocenters. The molecule has 0 radical (unpaired) electrons. The highest BCUT2D eigenvalue weighted by atomic mass is 35.5. The molecule has 0 fully saturated rings. The number of sulfone groups is 1. The largest absolute Gasteiger partial charge is 0.494 e. The molecule has 0 saturated heterocycles. The van der Waals surface area contributed by atoms with Gasteiger partial charge in [-0.05, 0) is 19.1 Å². The first-order valence-electron chi connectivity index (χ1n) is 10.1. The van der Waals surface area contributed by atoms with Crippen LogP contribution in [0.5, 0.6) is 11.5 Å². The van der Waals surface area contributed by atoms with E-state index in [0.29, 0.717) is 33.9 Å². The van der Waals surface area contributed by atoms with E-state index in [0.717, 1.165) is 0 Å². The summed E-state index contributed by atoms with van der Waals surface area (Å²) in [4.78, 5) is 8.34. The van der Waals surface area contributed by atoms with Gasteiger partial charge >= 0.3 is 0 Å². The molecule has 0 aliphatic carbocycles. The molecule has 0 aliphatic heterocycles. The number of methoxy groups -OCH3 is 3. The Labute approximate surface area is 197 Å². The Balaban J connectivity index is 2.04. The van der Waals surface area contributed by atoms with Gasteiger partial charge in [0.2, 0.25) is 0 Å². The van der Waals surface area contributed by atoms with E-state index < -0.39 is 21.0 Å². The smallest absolute Gasteiger partial charge is 0.163 e. The molecule has 0 spiro atoms. The van der Waals surface area contributed by atoms with Crippen LogP contribution in [0, 0.1) is 0 Å². The lowest BCUT2D eigenvalue weighted by molar-refractivity contribution is 0.176. The molecule has 0 N–H and O–H groups in total. The van der Waals surface area contributed by atoms with Gasteiger partial charge in [-0.25, -0.2) is 18.4 Å². The first kappa shape index (κ1) is 24.9. The number of rotatable bonds is 10. The number of hydrogen-bond donors (Lipinski definition) is 0. The van der Waals surface area contributed by atoms with E-state index in [9.17, 15) is 8.42 Å². The minimum absolute atomic E-state index is 0.110. The molecule has 0 amide bonds. The fraction of sp³-hybridized carbons (Fsp3) is 0.429. The zero-order valence-corrected chi connectivity index (χ0v) is 20.6. The summed E-state index contributed by atoms with van der Waals surface area (Å²) >= 11 is 5.85. The molecule has 3 aromatic rings. The molecule has 10 nitrogen and oxygen atoms in total. The van der Waals surface area contributed by atoms with Crippen LogP contribution in [0.4, 0.5) is 0 Å². The van der Waals surface area contributed by atoms with Crippen LogP contribution in [-0.2, 0) is 26.9 Å². The van der Waals surface area contributed by atoms with Crippen molar-refractivity contribution in [2.45, 2.75) is 37.4 Å². The van der Waals surface area contributed by atoms with Crippen molar-refractivity contribution in [2.24, 2.45) is 0 Å². The van der Waals surface area contributed by atoms with Gasteiger partial charge in [-0.1, -0.05) is 24.6 Å². The van der Waals surface area contributed by atoms with Crippen LogP contribution in [0.2, 0.25) is 5.02 Å². The molecule has 0 saturated carbocycles. The van der Waals surface area contributed by atoms with Crippen molar-refractivity contribution < 1.29 is 22.6 Å². The zero-order chi connectivity index (χ0) is 24.2. The highest BCUT2D eigenvalue weighted by Gasteiger charge is 2.32. The highest BCUT2D eigenvalue weighted by molar-refractivity contribution is 7.91. The summed E-state index contributed by atoms with van der Waals surface area (Å²) in [5, 5.41) is 7.91. The minimum atomic E-state index is -3.70. The highest BCUT2D eigenvalue weighted by Crippen LogP contribution is 2.35. The second-order valence-corrected chi connectivity index (χ2v) is 10.2. The van der Waals surface area contributed by atoms with Gasteiger partial charge in [-0.15, -0.1) is 10.2 Å². The fourth-order valence-corrected chi connectivity index (χ4v) is 5.02. The van der Waals surface area contributed by atoms with Crippen LogP contribution >= 0.6 is 11.6 Å². The molecule has 1 aromatic carbocycles. The molecule has 0 unspecified atom stereocenters. The average Bonchev–Trinajstić information content (AvgIpc) is 3.18. The molecule has 0 bridgehead atoms. The van der Waals surface area contributed by atoms with Crippen molar-refractivity contribution in [1.82, 2.24) is 24.7 Å². The number of ether oxygens (including phenoxy) is 3. The first-order valence-corrected chi connectivity index (χ1v) is 12.1. The fourth-order valence-electron chi connectivity index (χ4n) is 3.37. The molecule has 12 heteroatoms. The lowest BCUT2D eigenvalue weighted by atomic mass is 10.1. The van der Waals surface area contributed by atoms with Crippen molar-refractivity contribution in [3.63, 3.8) is 0 Å². The molecular formula is C21H26ClN5O5S. The topological polar surface area (TPSA) is 118 Å². The standard InChI is InChI=1S/C21H26ClN5O5S/c1-13(21-23-9-15(22)10-24-21)14(2)33(28,29)12-19-26-25-18(11-30-3)27(19)20-16(31-4)7-6-8-17(20)32-5/h6-10,13-14H,11-12H2,1-5H3/t13-,14-/m0/s1. The van der Waals surface area contributed by atoms with Crippen molar-refractivity contribution in [3.05, 3.63) is 53.1 Å². The number of nitrogens with zero attached hydrogens (tertiary/aromatic N) is 5. The quantitative estimate of drug-likeness (QED) is 0.418. The number of benzene rings is 1. The van der Waals surface area contributed by atoms with Crippen LogP contribution < -0.4 is 9.47 Å². The van der Waals surface area contributed by atoms with Gasteiger partial charge in [-0.3, -0.25) is 4.57 Å². The number of aromatic nitrogens is 5. The Kier molecular flexibility index (Phi) is 7.88. The summed E-state index contributed by atoms with van der Waals surface area (Å²) < 4.78 is 44.6. The van der Waals surface area contributed by atoms with E-state index >= 15 is 0 Å². The summed E-state index contributed by atoms with van der Waals surface area (Å²) in [7, 11) is 0.855. The minimum Gasteiger partial charge on any atom is -0.494 e. The second kappa shape index (κ2) is 10.4. The van der Waals surface area contributed by atoms with Gasteiger partial charge in [0.25, 0.3) is 0 Å². The Morgan fingerprint density at radius 2 is 1.58 bits per heavy atom. The Morgan fingerprint density at radius 1 is 1.00 bits per heavy atom. The van der Waals surface area contributed by atoms with E-state index in [1.807, 2.05) is 0 Å². The molecule has 2 aromatic heterocycles. The third kappa shape index (κ3) is 5.26. The molecule has 33 heavy (non-hydrogen) atoms. The van der Waals surface area contributed by atoms with Gasteiger partial charge in [0.05, 0.1) is 24.5 Å². The molecular weight excluding hydrogens is 470 g/mol. The lowest BCUT2D eigenvalue weighted by Gasteiger charge is -2.20.